The molecule has 1 N–H and O–H groups in total. The molecule has 1 atom stereocenters. The van der Waals surface area contributed by atoms with E-state index in [-0.39, 0.29) is 5.43 Å². The van der Waals surface area contributed by atoms with Gasteiger partial charge in [-0.15, -0.1) is 11.3 Å². The van der Waals surface area contributed by atoms with Crippen LogP contribution in [0, 0.1) is 5.92 Å². The number of nitrogens with zero attached hydrogens (tertiary/aromatic N) is 2. The molecule has 27 heavy (non-hydrogen) atoms. The van der Waals surface area contributed by atoms with E-state index < -0.39 is 0 Å². The summed E-state index contributed by atoms with van der Waals surface area (Å²) in [5.74, 6) is 1.79. The topological polar surface area (TPSA) is 67.9 Å². The van der Waals surface area contributed by atoms with Gasteiger partial charge in [0, 0.05) is 34.0 Å². The molecule has 1 aliphatic rings. The molecule has 4 rings (SSSR count). The number of rotatable bonds is 6. The molecule has 0 amide bonds. The molecule has 0 radical (unpaired) electrons. The van der Waals surface area contributed by atoms with E-state index >= 15 is 0 Å². The molecule has 0 saturated heterocycles. The van der Waals surface area contributed by atoms with E-state index in [2.05, 4.69) is 21.9 Å². The summed E-state index contributed by atoms with van der Waals surface area (Å²) in [6, 6.07) is 1.63. The fourth-order valence-electron chi connectivity index (χ4n) is 3.41. The van der Waals surface area contributed by atoms with E-state index in [0.717, 1.165) is 40.7 Å². The summed E-state index contributed by atoms with van der Waals surface area (Å²) in [6.07, 6.45) is 7.68. The van der Waals surface area contributed by atoms with Crippen molar-refractivity contribution in [3.05, 3.63) is 44.9 Å². The van der Waals surface area contributed by atoms with Gasteiger partial charge in [-0.2, -0.15) is 0 Å². The zero-order chi connectivity index (χ0) is 18.8. The van der Waals surface area contributed by atoms with Gasteiger partial charge in [-0.05, 0) is 37.2 Å². The predicted octanol–water partition coefficient (Wildman–Crippen LogP) is 4.59. The molecule has 1 unspecified atom stereocenters. The van der Waals surface area contributed by atoms with Gasteiger partial charge in [0.25, 0.3) is 0 Å². The molecule has 1 aliphatic carbocycles. The average Bonchev–Trinajstić information content (AvgIpc) is 3.03. The summed E-state index contributed by atoms with van der Waals surface area (Å²) in [7, 11) is 0. The van der Waals surface area contributed by atoms with Crippen molar-refractivity contribution in [2.75, 3.05) is 6.61 Å². The molecule has 142 valence electrons. The highest BCUT2D eigenvalue weighted by Crippen LogP contribution is 2.40. The number of aromatic nitrogens is 3. The lowest BCUT2D eigenvalue weighted by atomic mass is 9.89. The van der Waals surface area contributed by atoms with Crippen LogP contribution in [-0.2, 0) is 18.6 Å². The highest BCUT2D eigenvalue weighted by Gasteiger charge is 2.23. The van der Waals surface area contributed by atoms with Crippen LogP contribution in [0.25, 0.3) is 10.2 Å². The number of pyridine rings is 1. The lowest BCUT2D eigenvalue weighted by Crippen LogP contribution is -2.10. The van der Waals surface area contributed by atoms with E-state index in [9.17, 15) is 4.79 Å². The van der Waals surface area contributed by atoms with E-state index in [1.54, 1.807) is 30.4 Å². The number of fused-ring (bicyclic) bond motifs is 3. The Morgan fingerprint density at radius 1 is 1.41 bits per heavy atom. The lowest BCUT2D eigenvalue weighted by Gasteiger charge is -2.18. The molecule has 0 fully saturated rings. The number of thiophene rings is 1. The van der Waals surface area contributed by atoms with Gasteiger partial charge in [0.1, 0.15) is 16.2 Å². The Bertz CT molecular complexity index is 1010. The van der Waals surface area contributed by atoms with Gasteiger partial charge in [-0.3, -0.25) is 4.79 Å². The normalized spacial score (nSPS) is 16.4. The van der Waals surface area contributed by atoms with Gasteiger partial charge < -0.3 is 9.72 Å². The number of aromatic amines is 1. The molecule has 3 aromatic rings. The molecular formula is C20H23N3O2S2. The van der Waals surface area contributed by atoms with E-state index in [0.29, 0.717) is 18.1 Å². The van der Waals surface area contributed by atoms with Crippen LogP contribution in [0.2, 0.25) is 0 Å². The molecule has 0 aliphatic heterocycles. The Balaban J connectivity index is 1.56. The quantitative estimate of drug-likeness (QED) is 0.483. The summed E-state index contributed by atoms with van der Waals surface area (Å²) in [5.41, 5.74) is 2.24. The minimum atomic E-state index is -0.0764. The van der Waals surface area contributed by atoms with Crippen molar-refractivity contribution in [1.82, 2.24) is 15.0 Å². The van der Waals surface area contributed by atoms with Crippen molar-refractivity contribution < 1.29 is 4.74 Å². The van der Waals surface area contributed by atoms with Crippen LogP contribution >= 0.6 is 23.1 Å². The summed E-state index contributed by atoms with van der Waals surface area (Å²) in [5, 5.41) is 2.24. The Labute approximate surface area is 166 Å². The lowest BCUT2D eigenvalue weighted by molar-refractivity contribution is 0.313. The number of nitrogens with one attached hydrogen (secondary N) is 1. The van der Waals surface area contributed by atoms with Crippen LogP contribution in [0.4, 0.5) is 0 Å². The van der Waals surface area contributed by atoms with Crippen molar-refractivity contribution >= 4 is 33.3 Å². The molecule has 3 heterocycles. The smallest absolute Gasteiger partial charge is 0.223 e. The Hall–Kier alpha value is -1.86. The summed E-state index contributed by atoms with van der Waals surface area (Å²) >= 11 is 3.47. The van der Waals surface area contributed by atoms with Crippen molar-refractivity contribution in [1.29, 1.82) is 0 Å². The van der Waals surface area contributed by atoms with Crippen molar-refractivity contribution in [3.8, 4) is 5.75 Å². The second kappa shape index (κ2) is 8.02. The largest absolute Gasteiger partial charge is 0.488 e. The molecule has 0 saturated carbocycles. The van der Waals surface area contributed by atoms with Crippen LogP contribution in [0.3, 0.4) is 0 Å². The maximum Gasteiger partial charge on any atom is 0.223 e. The fraction of sp³-hybridized carbons (Fsp3) is 0.450. The molecule has 0 spiro atoms. The predicted molar refractivity (Wildman–Crippen MR) is 111 cm³/mol. The molecule has 7 heteroatoms. The summed E-state index contributed by atoms with van der Waals surface area (Å²) in [6.45, 7) is 4.89. The van der Waals surface area contributed by atoms with Crippen LogP contribution in [0.15, 0.2) is 28.4 Å². The fourth-order valence-corrected chi connectivity index (χ4v) is 5.77. The molecular weight excluding hydrogens is 378 g/mol. The first-order chi connectivity index (χ1) is 13.2. The number of thioether (sulfide) groups is 1. The first-order valence-corrected chi connectivity index (χ1v) is 11.2. The Morgan fingerprint density at radius 2 is 2.30 bits per heavy atom. The van der Waals surface area contributed by atoms with Crippen LogP contribution in [0.1, 0.15) is 42.8 Å². The molecule has 3 aromatic heterocycles. The van der Waals surface area contributed by atoms with Crippen LogP contribution < -0.4 is 10.2 Å². The maximum absolute atomic E-state index is 12.2. The van der Waals surface area contributed by atoms with Gasteiger partial charge in [0.15, 0.2) is 5.75 Å². The van der Waals surface area contributed by atoms with Crippen LogP contribution in [-0.4, -0.2) is 21.6 Å². The van der Waals surface area contributed by atoms with Crippen molar-refractivity contribution in [2.24, 2.45) is 5.92 Å². The SMILES string of the molecule is CCCOc1c[nH]c(CSc2ncnc3sc4c(c23)CCC(C)C4)cc1=O. The van der Waals surface area contributed by atoms with Gasteiger partial charge in [0.2, 0.25) is 5.43 Å². The highest BCUT2D eigenvalue weighted by molar-refractivity contribution is 7.98. The second-order valence-electron chi connectivity index (χ2n) is 7.03. The third-order valence-corrected chi connectivity index (χ3v) is 7.02. The van der Waals surface area contributed by atoms with E-state index in [4.69, 9.17) is 4.74 Å². The summed E-state index contributed by atoms with van der Waals surface area (Å²) < 4.78 is 5.45. The maximum atomic E-state index is 12.2. The molecule has 0 bridgehead atoms. The molecule has 5 nitrogen and oxygen atoms in total. The van der Waals surface area contributed by atoms with E-state index in [1.165, 1.54) is 22.2 Å². The number of hydrogen-bond donors (Lipinski definition) is 1. The third kappa shape index (κ3) is 3.89. The monoisotopic (exact) mass is 401 g/mol. The minimum Gasteiger partial charge on any atom is -0.488 e. The van der Waals surface area contributed by atoms with Gasteiger partial charge in [-0.25, -0.2) is 9.97 Å². The Morgan fingerprint density at radius 3 is 3.11 bits per heavy atom. The van der Waals surface area contributed by atoms with Crippen LogP contribution in [0.5, 0.6) is 5.75 Å². The zero-order valence-electron chi connectivity index (χ0n) is 15.6. The standard InChI is InChI=1S/C20H23N3O2S2/c1-3-6-25-16-9-21-13(8-15(16)24)10-26-19-18-14-5-4-12(2)7-17(14)27-20(18)23-11-22-19/h8-9,11-12H,3-7,10H2,1-2H3,(H,21,24). The van der Waals surface area contributed by atoms with Gasteiger partial charge in [-0.1, -0.05) is 25.6 Å². The highest BCUT2D eigenvalue weighted by atomic mass is 32.2. The molecule has 0 aromatic carbocycles. The number of H-pyrrole nitrogens is 1. The Kier molecular flexibility index (Phi) is 5.50. The average molecular weight is 402 g/mol. The van der Waals surface area contributed by atoms with Crippen molar-refractivity contribution in [2.45, 2.75) is 50.3 Å². The number of hydrogen-bond acceptors (Lipinski definition) is 6. The zero-order valence-corrected chi connectivity index (χ0v) is 17.2. The van der Waals surface area contributed by atoms with Crippen molar-refractivity contribution in [3.63, 3.8) is 0 Å². The number of ether oxygens (including phenoxy) is 1. The third-order valence-electron chi connectivity index (χ3n) is 4.82. The van der Waals surface area contributed by atoms with E-state index in [1.807, 2.05) is 18.3 Å². The first-order valence-electron chi connectivity index (χ1n) is 9.38. The van der Waals surface area contributed by atoms with Gasteiger partial charge in [0.05, 0.1) is 6.61 Å². The second-order valence-corrected chi connectivity index (χ2v) is 9.08. The summed E-state index contributed by atoms with van der Waals surface area (Å²) in [4.78, 5) is 27.0. The van der Waals surface area contributed by atoms with Gasteiger partial charge >= 0.3 is 0 Å². The number of aryl methyl sites for hydroxylation is 1. The first kappa shape index (κ1) is 18.5. The minimum absolute atomic E-state index is 0.0764.